The average Bonchev–Trinajstić information content (AvgIpc) is 3.18. The third kappa shape index (κ3) is 12.7. The van der Waals surface area contributed by atoms with Crippen LogP contribution in [0.25, 0.3) is 0 Å². The average molecular weight is 689 g/mol. The van der Waals surface area contributed by atoms with Crippen molar-refractivity contribution in [1.29, 1.82) is 0 Å². The van der Waals surface area contributed by atoms with E-state index in [4.69, 9.17) is 20.9 Å². The number of likely N-dealkylation sites (tertiary alicyclic amines) is 2. The predicted molar refractivity (Wildman–Crippen MR) is 211 cm³/mol. The molecule has 0 saturated carbocycles. The lowest BCUT2D eigenvalue weighted by Crippen LogP contribution is -2.40. The summed E-state index contributed by atoms with van der Waals surface area (Å²) in [4.78, 5) is 5.28. The molecule has 0 bridgehead atoms. The van der Waals surface area contributed by atoms with Gasteiger partial charge in [-0.2, -0.15) is 0 Å². The van der Waals surface area contributed by atoms with Gasteiger partial charge in [-0.05, 0) is 127 Å². The Balaban J connectivity index is 0.000000943. The number of hydrogen-bond acceptors (Lipinski definition) is 6. The molecule has 4 aromatic carbocycles. The standard InChI is InChI=1S/C40H50N4O2.C5H10/c41-25-31-7-11-39(12-8-31)45-29-35-5-1-3-33(23-35)27-43-19-15-37(16-20-43)38-17-21-44(22-18-38)28-34-4-2-6-36(24-34)30-46-40-13-9-32(26-42)10-14-40;1-4-5(2)3/h1-14,23-24,37-38H,15-22,25-30,41-42H2;4-5H,1H2,2-3H3. The second-order valence-electron chi connectivity index (χ2n) is 14.6. The Morgan fingerprint density at radius 3 is 1.27 bits per heavy atom. The Morgan fingerprint density at radius 2 is 0.941 bits per heavy atom. The molecule has 4 N–H and O–H groups in total. The Hall–Kier alpha value is -3.94. The fraction of sp³-hybridized carbons (Fsp3) is 0.422. The fourth-order valence-corrected chi connectivity index (χ4v) is 7.09. The second-order valence-corrected chi connectivity index (χ2v) is 14.6. The molecule has 6 heteroatoms. The van der Waals surface area contributed by atoms with Gasteiger partial charge < -0.3 is 20.9 Å². The van der Waals surface area contributed by atoms with E-state index < -0.39 is 0 Å². The second kappa shape index (κ2) is 20.2. The van der Waals surface area contributed by atoms with E-state index in [0.717, 1.165) is 47.6 Å². The molecule has 0 aromatic heterocycles. The van der Waals surface area contributed by atoms with Gasteiger partial charge in [-0.1, -0.05) is 92.7 Å². The van der Waals surface area contributed by atoms with Gasteiger partial charge in [-0.25, -0.2) is 0 Å². The highest BCUT2D eigenvalue weighted by Crippen LogP contribution is 2.33. The predicted octanol–water partition coefficient (Wildman–Crippen LogP) is 8.71. The van der Waals surface area contributed by atoms with E-state index >= 15 is 0 Å². The lowest BCUT2D eigenvalue weighted by atomic mass is 9.78. The highest BCUT2D eigenvalue weighted by Gasteiger charge is 2.29. The smallest absolute Gasteiger partial charge is 0.119 e. The van der Waals surface area contributed by atoms with Gasteiger partial charge in [0.15, 0.2) is 0 Å². The molecule has 2 aliphatic heterocycles. The number of hydrogen-bond donors (Lipinski definition) is 2. The van der Waals surface area contributed by atoms with Crippen LogP contribution >= 0.6 is 0 Å². The quantitative estimate of drug-likeness (QED) is 0.129. The van der Waals surface area contributed by atoms with E-state index in [1.165, 1.54) is 74.1 Å². The topological polar surface area (TPSA) is 77.0 Å². The summed E-state index contributed by atoms with van der Waals surface area (Å²) < 4.78 is 12.1. The summed E-state index contributed by atoms with van der Waals surface area (Å²) in [7, 11) is 0. The van der Waals surface area contributed by atoms with Gasteiger partial charge in [0.25, 0.3) is 0 Å². The van der Waals surface area contributed by atoms with Crippen molar-refractivity contribution < 1.29 is 9.47 Å². The maximum atomic E-state index is 6.03. The number of benzene rings is 4. The van der Waals surface area contributed by atoms with Crippen molar-refractivity contribution in [2.75, 3.05) is 26.2 Å². The molecule has 2 heterocycles. The van der Waals surface area contributed by atoms with Crippen LogP contribution in [0.2, 0.25) is 0 Å². The minimum atomic E-state index is 0.555. The van der Waals surface area contributed by atoms with Crippen LogP contribution in [-0.4, -0.2) is 36.0 Å². The molecule has 6 nitrogen and oxygen atoms in total. The number of rotatable bonds is 14. The maximum absolute atomic E-state index is 6.03. The van der Waals surface area contributed by atoms with Crippen molar-refractivity contribution >= 4 is 0 Å². The molecule has 272 valence electrons. The molecule has 0 radical (unpaired) electrons. The SMILES string of the molecule is C=CC(C)C.NCc1ccc(OCc2cccc(CN3CCC(C4CCN(Cc5cccc(COc6ccc(CN)cc6)c5)CC4)CC3)c2)cc1. The van der Waals surface area contributed by atoms with Crippen LogP contribution in [0.3, 0.4) is 0 Å². The third-order valence-corrected chi connectivity index (χ3v) is 10.3. The zero-order chi connectivity index (χ0) is 35.8. The lowest BCUT2D eigenvalue weighted by Gasteiger charge is -2.40. The van der Waals surface area contributed by atoms with Crippen LogP contribution in [0.1, 0.15) is 72.9 Å². The fourth-order valence-electron chi connectivity index (χ4n) is 7.09. The molecule has 0 unspecified atom stereocenters. The largest absolute Gasteiger partial charge is 0.489 e. The Morgan fingerprint density at radius 1 is 0.588 bits per heavy atom. The zero-order valence-corrected chi connectivity index (χ0v) is 31.0. The van der Waals surface area contributed by atoms with Crippen molar-refractivity contribution in [3.05, 3.63) is 143 Å². The third-order valence-electron chi connectivity index (χ3n) is 10.3. The first-order valence-corrected chi connectivity index (χ1v) is 19.0. The number of nitrogens with zero attached hydrogens (tertiary/aromatic N) is 2. The van der Waals surface area contributed by atoms with Crippen LogP contribution in [0.4, 0.5) is 0 Å². The number of nitrogens with two attached hydrogens (primary N) is 2. The van der Waals surface area contributed by atoms with Crippen molar-refractivity contribution in [1.82, 2.24) is 9.80 Å². The summed E-state index contributed by atoms with van der Waals surface area (Å²) >= 11 is 0. The summed E-state index contributed by atoms with van der Waals surface area (Å²) in [6, 6.07) is 33.9. The van der Waals surface area contributed by atoms with Crippen LogP contribution in [0, 0.1) is 17.8 Å². The number of piperidine rings is 2. The molecule has 2 aliphatic rings. The van der Waals surface area contributed by atoms with E-state index in [-0.39, 0.29) is 0 Å². The molecule has 0 spiro atoms. The van der Waals surface area contributed by atoms with Crippen LogP contribution in [0.15, 0.2) is 110 Å². The number of ether oxygens (including phenoxy) is 2. The summed E-state index contributed by atoms with van der Waals surface area (Å²) in [5.74, 6) is 4.15. The zero-order valence-electron chi connectivity index (χ0n) is 31.0. The van der Waals surface area contributed by atoms with Gasteiger partial charge in [0.2, 0.25) is 0 Å². The first kappa shape index (κ1) is 38.3. The van der Waals surface area contributed by atoms with Crippen molar-refractivity contribution in [3.63, 3.8) is 0 Å². The molecular formula is C45H60N4O2. The van der Waals surface area contributed by atoms with E-state index in [2.05, 4.69) is 78.8 Å². The highest BCUT2D eigenvalue weighted by molar-refractivity contribution is 5.30. The molecule has 2 fully saturated rings. The van der Waals surface area contributed by atoms with Crippen LogP contribution in [-0.2, 0) is 39.4 Å². The normalized spacial score (nSPS) is 16.0. The van der Waals surface area contributed by atoms with Gasteiger partial charge in [0.1, 0.15) is 24.7 Å². The van der Waals surface area contributed by atoms with Gasteiger partial charge in [-0.15, -0.1) is 6.58 Å². The van der Waals surface area contributed by atoms with Gasteiger partial charge in [0, 0.05) is 26.2 Å². The monoisotopic (exact) mass is 688 g/mol. The molecular weight excluding hydrogens is 629 g/mol. The van der Waals surface area contributed by atoms with Crippen molar-refractivity contribution in [3.8, 4) is 11.5 Å². The molecule has 2 saturated heterocycles. The molecule has 51 heavy (non-hydrogen) atoms. The van der Waals surface area contributed by atoms with Gasteiger partial charge in [0.05, 0.1) is 0 Å². The maximum Gasteiger partial charge on any atom is 0.119 e. The summed E-state index contributed by atoms with van der Waals surface area (Å²) in [6.45, 7) is 16.9. The van der Waals surface area contributed by atoms with Gasteiger partial charge >= 0.3 is 0 Å². The van der Waals surface area contributed by atoms with E-state index in [1.807, 2.05) is 54.6 Å². The molecule has 4 aromatic rings. The van der Waals surface area contributed by atoms with Crippen LogP contribution in [0.5, 0.6) is 11.5 Å². The van der Waals surface area contributed by atoms with Gasteiger partial charge in [-0.3, -0.25) is 9.80 Å². The minimum absolute atomic E-state index is 0.555. The lowest BCUT2D eigenvalue weighted by molar-refractivity contribution is 0.0909. The summed E-state index contributed by atoms with van der Waals surface area (Å²) in [6.07, 6.45) is 7.21. The molecule has 0 atom stereocenters. The Labute approximate surface area is 307 Å². The summed E-state index contributed by atoms with van der Waals surface area (Å²) in [5, 5.41) is 0. The first-order chi connectivity index (χ1) is 24.9. The number of allylic oxidation sites excluding steroid dienone is 1. The van der Waals surface area contributed by atoms with Crippen LogP contribution < -0.4 is 20.9 Å². The van der Waals surface area contributed by atoms with Crippen molar-refractivity contribution in [2.24, 2.45) is 29.2 Å². The molecule has 6 rings (SSSR count). The van der Waals surface area contributed by atoms with Crippen molar-refractivity contribution in [2.45, 2.75) is 78.9 Å². The highest BCUT2D eigenvalue weighted by atomic mass is 16.5. The van der Waals surface area contributed by atoms with E-state index in [0.29, 0.717) is 32.2 Å². The van der Waals surface area contributed by atoms with E-state index in [9.17, 15) is 0 Å². The Bertz CT molecular complexity index is 1470. The summed E-state index contributed by atoms with van der Waals surface area (Å²) in [5.41, 5.74) is 18.9. The van der Waals surface area contributed by atoms with E-state index in [1.54, 1.807) is 0 Å². The Kier molecular flexibility index (Phi) is 15.2. The minimum Gasteiger partial charge on any atom is -0.489 e. The first-order valence-electron chi connectivity index (χ1n) is 19.0. The molecule has 0 amide bonds. The molecule has 0 aliphatic carbocycles.